The molecule has 3 rings (SSSR count). The maximum Gasteiger partial charge on any atom is 0.253 e. The van der Waals surface area contributed by atoms with E-state index in [1.54, 1.807) is 24.3 Å². The van der Waals surface area contributed by atoms with E-state index in [0.29, 0.717) is 30.9 Å². The zero-order valence-corrected chi connectivity index (χ0v) is 16.1. The Morgan fingerprint density at radius 3 is 2.59 bits per heavy atom. The van der Waals surface area contributed by atoms with Gasteiger partial charge in [0.15, 0.2) is 0 Å². The Labute approximate surface area is 165 Å². The third-order valence-corrected chi connectivity index (χ3v) is 5.15. The van der Waals surface area contributed by atoms with Crippen LogP contribution < -0.4 is 16.4 Å². The van der Waals surface area contributed by atoms with Gasteiger partial charge in [-0.15, -0.1) is 12.4 Å². The van der Waals surface area contributed by atoms with Crippen molar-refractivity contribution < 1.29 is 14.4 Å². The van der Waals surface area contributed by atoms with Gasteiger partial charge < -0.3 is 21.3 Å². The molecule has 1 aliphatic carbocycles. The fourth-order valence-corrected chi connectivity index (χ4v) is 3.78. The van der Waals surface area contributed by atoms with Gasteiger partial charge in [0, 0.05) is 32.1 Å². The topological polar surface area (TPSA) is 105 Å². The first-order valence-electron chi connectivity index (χ1n) is 9.27. The molecule has 0 aromatic heterocycles. The number of hydrogen-bond donors (Lipinski definition) is 3. The van der Waals surface area contributed by atoms with Crippen molar-refractivity contribution in [2.75, 3.05) is 25.0 Å². The first-order chi connectivity index (χ1) is 12.6. The number of hydrogen-bond acceptors (Lipinski definition) is 4. The van der Waals surface area contributed by atoms with Crippen LogP contribution in [0.1, 0.15) is 42.5 Å². The Morgan fingerprint density at radius 2 is 1.89 bits per heavy atom. The molecule has 1 atom stereocenters. The molecule has 148 valence electrons. The van der Waals surface area contributed by atoms with Crippen molar-refractivity contribution in [3.63, 3.8) is 0 Å². The van der Waals surface area contributed by atoms with Crippen molar-refractivity contribution in [2.24, 2.45) is 11.7 Å². The molecule has 2 aliphatic rings. The van der Waals surface area contributed by atoms with Crippen LogP contribution in [0.25, 0.3) is 0 Å². The summed E-state index contributed by atoms with van der Waals surface area (Å²) in [6, 6.07) is 7.15. The van der Waals surface area contributed by atoms with Gasteiger partial charge in [-0.3, -0.25) is 14.4 Å². The van der Waals surface area contributed by atoms with Gasteiger partial charge >= 0.3 is 0 Å². The summed E-state index contributed by atoms with van der Waals surface area (Å²) in [5.74, 6) is -0.798. The highest BCUT2D eigenvalue weighted by Gasteiger charge is 2.38. The van der Waals surface area contributed by atoms with Gasteiger partial charge in [0.1, 0.15) is 0 Å². The van der Waals surface area contributed by atoms with Crippen LogP contribution in [-0.2, 0) is 9.59 Å². The minimum Gasteiger partial charge on any atom is -0.351 e. The predicted octanol–water partition coefficient (Wildman–Crippen LogP) is 1.53. The summed E-state index contributed by atoms with van der Waals surface area (Å²) >= 11 is 0. The molecule has 1 aromatic rings. The number of nitrogens with zero attached hydrogens (tertiary/aromatic N) is 1. The average molecular weight is 395 g/mol. The molecule has 1 aromatic carbocycles. The van der Waals surface area contributed by atoms with Crippen molar-refractivity contribution in [1.29, 1.82) is 0 Å². The number of anilines is 1. The molecule has 1 saturated heterocycles. The monoisotopic (exact) mass is 394 g/mol. The molecule has 0 spiro atoms. The lowest BCUT2D eigenvalue weighted by Gasteiger charge is -2.24. The van der Waals surface area contributed by atoms with Gasteiger partial charge in [-0.2, -0.15) is 0 Å². The molecule has 3 amide bonds. The van der Waals surface area contributed by atoms with Crippen molar-refractivity contribution in [1.82, 2.24) is 10.2 Å². The van der Waals surface area contributed by atoms with E-state index in [1.165, 1.54) is 0 Å². The van der Waals surface area contributed by atoms with Crippen molar-refractivity contribution in [2.45, 2.75) is 38.1 Å². The maximum absolute atomic E-state index is 12.7. The molecule has 4 N–H and O–H groups in total. The highest BCUT2D eigenvalue weighted by Crippen LogP contribution is 2.30. The lowest BCUT2D eigenvalue weighted by molar-refractivity contribution is -0.129. The van der Waals surface area contributed by atoms with E-state index in [9.17, 15) is 14.4 Å². The van der Waals surface area contributed by atoms with Crippen LogP contribution in [0, 0.1) is 5.92 Å². The molecule has 1 saturated carbocycles. The van der Waals surface area contributed by atoms with Gasteiger partial charge in [0.25, 0.3) is 5.91 Å². The fraction of sp³-hybridized carbons (Fsp3) is 0.526. The molecule has 2 fully saturated rings. The zero-order chi connectivity index (χ0) is 18.5. The molecule has 1 unspecified atom stereocenters. The van der Waals surface area contributed by atoms with Gasteiger partial charge in [-0.1, -0.05) is 25.0 Å². The van der Waals surface area contributed by atoms with Crippen LogP contribution in [0.5, 0.6) is 0 Å². The Morgan fingerprint density at radius 1 is 1.19 bits per heavy atom. The molecular formula is C19H27ClN4O3. The third-order valence-electron chi connectivity index (χ3n) is 5.15. The number of amides is 3. The molecule has 0 bridgehead atoms. The second-order valence-electron chi connectivity index (χ2n) is 6.96. The lowest BCUT2D eigenvalue weighted by Crippen LogP contribution is -2.35. The number of rotatable bonds is 6. The second kappa shape index (κ2) is 9.71. The molecule has 1 heterocycles. The summed E-state index contributed by atoms with van der Waals surface area (Å²) in [6.07, 6.45) is 4.60. The quantitative estimate of drug-likeness (QED) is 0.680. The standard InChI is InChI=1S/C19H26N4O3.ClH/c20-9-10-21-19(26)15-7-3-4-8-16(15)22-18(25)13-11-17(24)23(12-13)14-5-1-2-6-14;/h3-4,7-8,13-14H,1-2,5-6,9-12,20H2,(H,21,26)(H,22,25);1H. The minimum absolute atomic E-state index is 0. The van der Waals surface area contributed by atoms with Crippen LogP contribution in [-0.4, -0.2) is 48.3 Å². The average Bonchev–Trinajstić information content (AvgIpc) is 3.29. The number of para-hydroxylation sites is 1. The summed E-state index contributed by atoms with van der Waals surface area (Å²) in [6.45, 7) is 1.19. The third kappa shape index (κ3) is 4.99. The highest BCUT2D eigenvalue weighted by atomic mass is 35.5. The SMILES string of the molecule is Cl.NCCNC(=O)c1ccccc1NC(=O)C1CC(=O)N(C2CCCC2)C1. The number of likely N-dealkylation sites (tertiary alicyclic amines) is 1. The van der Waals surface area contributed by atoms with Gasteiger partial charge in [-0.05, 0) is 25.0 Å². The number of carbonyl (C=O) groups excluding carboxylic acids is 3. The molecule has 0 radical (unpaired) electrons. The lowest BCUT2D eigenvalue weighted by atomic mass is 10.1. The molecule has 1 aliphatic heterocycles. The van der Waals surface area contributed by atoms with Crippen molar-refractivity contribution >= 4 is 35.8 Å². The normalized spacial score (nSPS) is 19.7. The van der Waals surface area contributed by atoms with E-state index in [2.05, 4.69) is 10.6 Å². The predicted molar refractivity (Wildman–Crippen MR) is 106 cm³/mol. The first-order valence-corrected chi connectivity index (χ1v) is 9.27. The largest absolute Gasteiger partial charge is 0.351 e. The van der Waals surface area contributed by atoms with Crippen molar-refractivity contribution in [3.05, 3.63) is 29.8 Å². The summed E-state index contributed by atoms with van der Waals surface area (Å²) in [5, 5.41) is 5.54. The van der Waals surface area contributed by atoms with Gasteiger partial charge in [0.05, 0.1) is 17.2 Å². The van der Waals surface area contributed by atoms with Gasteiger partial charge in [-0.25, -0.2) is 0 Å². The minimum atomic E-state index is -0.372. The zero-order valence-electron chi connectivity index (χ0n) is 15.3. The molecule has 7 nitrogen and oxygen atoms in total. The Hall–Kier alpha value is -2.12. The first kappa shape index (κ1) is 21.2. The van der Waals surface area contributed by atoms with Crippen LogP contribution >= 0.6 is 12.4 Å². The van der Waals surface area contributed by atoms with E-state index < -0.39 is 0 Å². The molecular weight excluding hydrogens is 368 g/mol. The van der Waals surface area contributed by atoms with Crippen molar-refractivity contribution in [3.8, 4) is 0 Å². The fourth-order valence-electron chi connectivity index (χ4n) is 3.78. The van der Waals surface area contributed by atoms with Gasteiger partial charge in [0.2, 0.25) is 11.8 Å². The second-order valence-corrected chi connectivity index (χ2v) is 6.96. The van der Waals surface area contributed by atoms with E-state index in [1.807, 2.05) is 4.90 Å². The van der Waals surface area contributed by atoms with E-state index >= 15 is 0 Å². The summed E-state index contributed by atoms with van der Waals surface area (Å²) in [4.78, 5) is 39.1. The summed E-state index contributed by atoms with van der Waals surface area (Å²) in [7, 11) is 0. The van der Waals surface area contributed by atoms with Crippen LogP contribution in [0.3, 0.4) is 0 Å². The summed E-state index contributed by atoms with van der Waals surface area (Å²) in [5.41, 5.74) is 6.26. The van der Waals surface area contributed by atoms with E-state index in [0.717, 1.165) is 25.7 Å². The number of nitrogens with one attached hydrogen (secondary N) is 2. The van der Waals surface area contributed by atoms with E-state index in [-0.39, 0.29) is 48.5 Å². The highest BCUT2D eigenvalue weighted by molar-refractivity contribution is 6.05. The number of halogens is 1. The number of carbonyl (C=O) groups is 3. The maximum atomic E-state index is 12.7. The number of benzene rings is 1. The van der Waals surface area contributed by atoms with E-state index in [4.69, 9.17) is 5.73 Å². The van der Waals surface area contributed by atoms with Crippen LogP contribution in [0.2, 0.25) is 0 Å². The van der Waals surface area contributed by atoms with Crippen LogP contribution in [0.4, 0.5) is 5.69 Å². The number of nitrogens with two attached hydrogens (primary N) is 1. The molecule has 27 heavy (non-hydrogen) atoms. The Balaban J connectivity index is 0.00000261. The Kier molecular flexibility index (Phi) is 7.62. The smallest absolute Gasteiger partial charge is 0.253 e. The summed E-state index contributed by atoms with van der Waals surface area (Å²) < 4.78 is 0. The van der Waals surface area contributed by atoms with Crippen LogP contribution in [0.15, 0.2) is 24.3 Å². The Bertz CT molecular complexity index is 691. The molecule has 8 heteroatoms.